The van der Waals surface area contributed by atoms with Crippen molar-refractivity contribution in [1.29, 1.82) is 0 Å². The van der Waals surface area contributed by atoms with Crippen LogP contribution < -0.4 is 15.1 Å². The van der Waals surface area contributed by atoms with Crippen LogP contribution in [0.15, 0.2) is 30.3 Å². The number of amides is 2. The quantitative estimate of drug-likeness (QED) is 0.694. The summed E-state index contributed by atoms with van der Waals surface area (Å²) in [5, 5.41) is 11.2. The molecule has 1 N–H and O–H groups in total. The Labute approximate surface area is 203 Å². The number of rotatable bonds is 5. The van der Waals surface area contributed by atoms with Crippen LogP contribution in [0.1, 0.15) is 12.8 Å². The molecule has 5 rings (SSSR count). The second kappa shape index (κ2) is 10.7. The van der Waals surface area contributed by atoms with Gasteiger partial charge in [-0.1, -0.05) is 6.07 Å². The molecule has 1 unspecified atom stereocenters. The first kappa shape index (κ1) is 23.7. The normalized spacial score (nSPS) is 21.4. The molecule has 0 saturated carbocycles. The molecule has 1 atom stereocenters. The zero-order chi connectivity index (χ0) is 24.2. The number of nitrogens with one attached hydrogen (secondary N) is 1. The number of hydrogen-bond acceptors (Lipinski definition) is 7. The first-order valence-corrected chi connectivity index (χ1v) is 12.2. The maximum Gasteiger partial charge on any atom is 0.322 e. The van der Waals surface area contributed by atoms with E-state index >= 15 is 0 Å². The molecule has 0 radical (unpaired) electrons. The molecule has 0 aliphatic carbocycles. The number of para-hydroxylation sites is 1. The van der Waals surface area contributed by atoms with Gasteiger partial charge in [0.1, 0.15) is 17.3 Å². The number of urea groups is 1. The largest absolute Gasteiger partial charge is 0.377 e. The van der Waals surface area contributed by atoms with E-state index in [1.54, 1.807) is 4.90 Å². The van der Waals surface area contributed by atoms with Crippen molar-refractivity contribution in [3.63, 3.8) is 0 Å². The highest BCUT2D eigenvalue weighted by Gasteiger charge is 2.25. The molecule has 0 bridgehead atoms. The predicted octanol–water partition coefficient (Wildman–Crippen LogP) is 2.41. The lowest BCUT2D eigenvalue weighted by molar-refractivity contribution is 0.0712. The fourth-order valence-corrected chi connectivity index (χ4v) is 4.83. The van der Waals surface area contributed by atoms with Gasteiger partial charge in [-0.25, -0.2) is 13.6 Å². The molecule has 1 aromatic carbocycles. The monoisotopic (exact) mass is 487 g/mol. The first-order chi connectivity index (χ1) is 17.1. The van der Waals surface area contributed by atoms with Crippen molar-refractivity contribution in [1.82, 2.24) is 20.0 Å². The smallest absolute Gasteiger partial charge is 0.322 e. The van der Waals surface area contributed by atoms with Crippen LogP contribution in [0, 0.1) is 11.6 Å². The number of aromatic nitrogens is 2. The molecule has 3 aliphatic heterocycles. The van der Waals surface area contributed by atoms with Crippen LogP contribution in [-0.4, -0.2) is 97.6 Å². The molecule has 0 spiro atoms. The van der Waals surface area contributed by atoms with Gasteiger partial charge < -0.3 is 24.8 Å². The molecular weight excluding hydrogens is 456 g/mol. The second-order valence-corrected chi connectivity index (χ2v) is 9.17. The van der Waals surface area contributed by atoms with E-state index in [0.717, 1.165) is 69.5 Å². The summed E-state index contributed by atoms with van der Waals surface area (Å²) in [5.41, 5.74) is -0.422. The number of hydrogen-bond donors (Lipinski definition) is 1. The highest BCUT2D eigenvalue weighted by Crippen LogP contribution is 2.21. The van der Waals surface area contributed by atoms with E-state index in [9.17, 15) is 13.6 Å². The van der Waals surface area contributed by atoms with E-state index in [4.69, 9.17) is 4.74 Å². The third-order valence-electron chi connectivity index (χ3n) is 6.90. The average molecular weight is 488 g/mol. The van der Waals surface area contributed by atoms with Crippen molar-refractivity contribution in [3.05, 3.63) is 42.0 Å². The minimum atomic E-state index is -0.795. The summed E-state index contributed by atoms with van der Waals surface area (Å²) in [6, 6.07) is 6.93. The third-order valence-corrected chi connectivity index (χ3v) is 6.90. The molecule has 2 aromatic rings. The van der Waals surface area contributed by atoms with Gasteiger partial charge in [0.05, 0.1) is 6.10 Å². The number of anilines is 3. The van der Waals surface area contributed by atoms with Gasteiger partial charge in [-0.05, 0) is 37.1 Å². The van der Waals surface area contributed by atoms with E-state index in [0.29, 0.717) is 32.3 Å². The Morgan fingerprint density at radius 3 is 2.06 bits per heavy atom. The number of halogens is 2. The van der Waals surface area contributed by atoms with Gasteiger partial charge >= 0.3 is 6.03 Å². The molecule has 3 saturated heterocycles. The van der Waals surface area contributed by atoms with Crippen molar-refractivity contribution in [2.75, 3.05) is 80.6 Å². The summed E-state index contributed by atoms with van der Waals surface area (Å²) in [6.07, 6.45) is 2.71. The lowest BCUT2D eigenvalue weighted by Gasteiger charge is -2.37. The van der Waals surface area contributed by atoms with Crippen molar-refractivity contribution < 1.29 is 18.3 Å². The Bertz CT molecular complexity index is 983. The van der Waals surface area contributed by atoms with Crippen molar-refractivity contribution in [2.45, 2.75) is 18.9 Å². The van der Waals surface area contributed by atoms with Crippen molar-refractivity contribution >= 4 is 23.4 Å². The molecule has 4 heterocycles. The van der Waals surface area contributed by atoms with Crippen LogP contribution >= 0.6 is 0 Å². The van der Waals surface area contributed by atoms with Gasteiger partial charge in [0.25, 0.3) is 0 Å². The fraction of sp³-hybridized carbons (Fsp3) is 0.542. The molecule has 11 heteroatoms. The van der Waals surface area contributed by atoms with Gasteiger partial charge in [-0.15, -0.1) is 10.2 Å². The lowest BCUT2D eigenvalue weighted by atomic mass is 10.2. The molecule has 3 fully saturated rings. The summed E-state index contributed by atoms with van der Waals surface area (Å²) in [6.45, 7) is 7.66. The summed E-state index contributed by atoms with van der Waals surface area (Å²) in [5.74, 6) is 0.0367. The van der Waals surface area contributed by atoms with Gasteiger partial charge in [0.2, 0.25) is 0 Å². The number of ether oxygens (including phenoxy) is 1. The average Bonchev–Trinajstić information content (AvgIpc) is 3.40. The standard InChI is InChI=1S/C24H31F2N7O2/c25-19-4-1-5-20(26)23(19)27-24(34)33-14-12-32(13-15-33)22-7-6-21(28-29-22)31-10-8-30(9-11-31)17-18-3-2-16-35-18/h1,4-7,18H,2-3,8-17H2,(H,27,34). The Hall–Kier alpha value is -3.05. The lowest BCUT2D eigenvalue weighted by Crippen LogP contribution is -2.50. The zero-order valence-corrected chi connectivity index (χ0v) is 19.7. The first-order valence-electron chi connectivity index (χ1n) is 12.2. The molecule has 1 aromatic heterocycles. The number of nitrogens with zero attached hydrogens (tertiary/aromatic N) is 6. The van der Waals surface area contributed by atoms with Gasteiger partial charge in [-0.3, -0.25) is 4.90 Å². The Balaban J connectivity index is 1.09. The summed E-state index contributed by atoms with van der Waals surface area (Å²) in [7, 11) is 0. The van der Waals surface area contributed by atoms with E-state index in [1.165, 1.54) is 12.5 Å². The minimum Gasteiger partial charge on any atom is -0.377 e. The van der Waals surface area contributed by atoms with Gasteiger partial charge in [0, 0.05) is 65.5 Å². The number of carbonyl (C=O) groups excluding carboxylic acids is 1. The molecule has 9 nitrogen and oxygen atoms in total. The van der Waals surface area contributed by atoms with Gasteiger partial charge in [-0.2, -0.15) is 0 Å². The van der Waals surface area contributed by atoms with Crippen molar-refractivity contribution in [2.24, 2.45) is 0 Å². The number of piperazine rings is 2. The van der Waals surface area contributed by atoms with Crippen LogP contribution in [0.5, 0.6) is 0 Å². The summed E-state index contributed by atoms with van der Waals surface area (Å²) in [4.78, 5) is 20.8. The van der Waals surface area contributed by atoms with Crippen molar-refractivity contribution in [3.8, 4) is 0 Å². The Kier molecular flexibility index (Phi) is 7.24. The second-order valence-electron chi connectivity index (χ2n) is 9.17. The van der Waals surface area contributed by atoms with Crippen LogP contribution in [0.2, 0.25) is 0 Å². The van der Waals surface area contributed by atoms with Crippen LogP contribution in [-0.2, 0) is 4.74 Å². The fourth-order valence-electron chi connectivity index (χ4n) is 4.83. The SMILES string of the molecule is O=C(Nc1c(F)cccc1F)N1CCN(c2ccc(N3CCN(CC4CCCO4)CC3)nn2)CC1. The Morgan fingerprint density at radius 2 is 1.51 bits per heavy atom. The van der Waals surface area contributed by atoms with Crippen LogP contribution in [0.3, 0.4) is 0 Å². The van der Waals surface area contributed by atoms with Crippen LogP contribution in [0.4, 0.5) is 30.9 Å². The molecule has 188 valence electrons. The number of carbonyl (C=O) groups is 1. The molecule has 2 amide bonds. The topological polar surface area (TPSA) is 77.1 Å². The van der Waals surface area contributed by atoms with E-state index < -0.39 is 23.4 Å². The zero-order valence-electron chi connectivity index (χ0n) is 19.7. The summed E-state index contributed by atoms with van der Waals surface area (Å²) < 4.78 is 33.4. The maximum absolute atomic E-state index is 13.8. The predicted molar refractivity (Wildman–Crippen MR) is 129 cm³/mol. The highest BCUT2D eigenvalue weighted by molar-refractivity contribution is 5.89. The van der Waals surface area contributed by atoms with E-state index in [1.807, 2.05) is 12.1 Å². The third kappa shape index (κ3) is 5.62. The van der Waals surface area contributed by atoms with E-state index in [-0.39, 0.29) is 0 Å². The maximum atomic E-state index is 13.8. The van der Waals surface area contributed by atoms with Crippen LogP contribution in [0.25, 0.3) is 0 Å². The molecule has 3 aliphatic rings. The highest BCUT2D eigenvalue weighted by atomic mass is 19.1. The van der Waals surface area contributed by atoms with Gasteiger partial charge in [0.15, 0.2) is 11.6 Å². The van der Waals surface area contributed by atoms with E-state index in [2.05, 4.69) is 30.2 Å². The summed E-state index contributed by atoms with van der Waals surface area (Å²) >= 11 is 0. The molecule has 35 heavy (non-hydrogen) atoms. The number of benzene rings is 1. The minimum absolute atomic E-state index is 0.382. The molecular formula is C24H31F2N7O2. The Morgan fingerprint density at radius 1 is 0.914 bits per heavy atom.